The van der Waals surface area contributed by atoms with Gasteiger partial charge < -0.3 is 10.1 Å². The van der Waals surface area contributed by atoms with E-state index in [0.717, 1.165) is 6.42 Å². The lowest BCUT2D eigenvalue weighted by Crippen LogP contribution is -2.35. The molecule has 1 aromatic rings. The van der Waals surface area contributed by atoms with Crippen molar-refractivity contribution in [2.24, 2.45) is 11.8 Å². The minimum Gasteiger partial charge on any atom is -0.465 e. The van der Waals surface area contributed by atoms with Crippen LogP contribution in [-0.4, -0.2) is 25.0 Å². The van der Waals surface area contributed by atoms with Crippen molar-refractivity contribution in [2.45, 2.75) is 20.3 Å². The van der Waals surface area contributed by atoms with Crippen LogP contribution in [0, 0.1) is 18.8 Å². The lowest BCUT2D eigenvalue weighted by atomic mass is 9.97. The van der Waals surface area contributed by atoms with E-state index < -0.39 is 0 Å². The molecule has 1 N–H and O–H groups in total. The summed E-state index contributed by atoms with van der Waals surface area (Å²) in [6.07, 6.45) is 0.838. The maximum absolute atomic E-state index is 11.9. The van der Waals surface area contributed by atoms with Crippen molar-refractivity contribution in [3.05, 3.63) is 21.9 Å². The molecule has 1 aliphatic rings. The maximum Gasteiger partial charge on any atom is 0.309 e. The Morgan fingerprint density at radius 2 is 2.39 bits per heavy atom. The van der Waals surface area contributed by atoms with Crippen LogP contribution in [0.5, 0.6) is 0 Å². The maximum atomic E-state index is 11.9. The minimum absolute atomic E-state index is 0.0810. The number of cyclic esters (lactones) is 1. The van der Waals surface area contributed by atoms with Crippen LogP contribution in [0.4, 0.5) is 0 Å². The van der Waals surface area contributed by atoms with E-state index in [1.807, 2.05) is 0 Å². The predicted molar refractivity (Wildman–Crippen MR) is 69.4 cm³/mol. The quantitative estimate of drug-likeness (QED) is 0.842. The Balaban J connectivity index is 1.79. The second-order valence-electron chi connectivity index (χ2n) is 4.59. The first-order valence-corrected chi connectivity index (χ1v) is 6.95. The van der Waals surface area contributed by atoms with Crippen LogP contribution >= 0.6 is 11.3 Å². The molecule has 2 atom stereocenters. The molecule has 1 fully saturated rings. The summed E-state index contributed by atoms with van der Waals surface area (Å²) in [5, 5.41) is 4.93. The highest BCUT2D eigenvalue weighted by atomic mass is 32.1. The smallest absolute Gasteiger partial charge is 0.309 e. The SMILES string of the molecule is Cc1ccsc1CCNC(=O)C1COC(=O)C1C. The predicted octanol–water partition coefficient (Wildman–Crippen LogP) is 1.52. The summed E-state index contributed by atoms with van der Waals surface area (Å²) in [4.78, 5) is 24.4. The number of nitrogens with one attached hydrogen (secondary N) is 1. The minimum atomic E-state index is -0.332. The number of thiophene rings is 1. The Hall–Kier alpha value is -1.36. The highest BCUT2D eigenvalue weighted by Gasteiger charge is 2.37. The first kappa shape index (κ1) is 13.1. The van der Waals surface area contributed by atoms with Crippen molar-refractivity contribution >= 4 is 23.2 Å². The van der Waals surface area contributed by atoms with E-state index in [0.29, 0.717) is 6.54 Å². The van der Waals surface area contributed by atoms with Gasteiger partial charge in [0.05, 0.1) is 11.8 Å². The van der Waals surface area contributed by atoms with Crippen molar-refractivity contribution in [1.82, 2.24) is 5.32 Å². The molecule has 0 aromatic carbocycles. The molecule has 1 aromatic heterocycles. The van der Waals surface area contributed by atoms with E-state index >= 15 is 0 Å². The summed E-state index contributed by atoms with van der Waals surface area (Å²) in [6, 6.07) is 2.08. The number of rotatable bonds is 4. The lowest BCUT2D eigenvalue weighted by Gasteiger charge is -2.11. The number of ether oxygens (including phenoxy) is 1. The van der Waals surface area contributed by atoms with Crippen LogP contribution in [0.2, 0.25) is 0 Å². The van der Waals surface area contributed by atoms with Gasteiger partial charge >= 0.3 is 5.97 Å². The summed E-state index contributed by atoms with van der Waals surface area (Å²) in [7, 11) is 0. The summed E-state index contributed by atoms with van der Waals surface area (Å²) in [5.41, 5.74) is 1.27. The third-order valence-corrected chi connectivity index (χ3v) is 4.42. The average Bonchev–Trinajstić information content (AvgIpc) is 2.88. The van der Waals surface area contributed by atoms with Gasteiger partial charge in [0, 0.05) is 11.4 Å². The van der Waals surface area contributed by atoms with E-state index in [4.69, 9.17) is 4.74 Å². The third kappa shape index (κ3) is 2.72. The van der Waals surface area contributed by atoms with Crippen molar-refractivity contribution in [3.8, 4) is 0 Å². The van der Waals surface area contributed by atoms with Crippen LogP contribution in [0.15, 0.2) is 11.4 Å². The molecular formula is C13H17NO3S. The van der Waals surface area contributed by atoms with Gasteiger partial charge in [0.1, 0.15) is 6.61 Å². The number of esters is 1. The van der Waals surface area contributed by atoms with Crippen LogP contribution in [-0.2, 0) is 20.7 Å². The molecule has 1 amide bonds. The van der Waals surface area contributed by atoms with Crippen molar-refractivity contribution < 1.29 is 14.3 Å². The fraction of sp³-hybridized carbons (Fsp3) is 0.538. The first-order valence-electron chi connectivity index (χ1n) is 6.07. The van der Waals surface area contributed by atoms with E-state index in [2.05, 4.69) is 23.7 Å². The lowest BCUT2D eigenvalue weighted by molar-refractivity contribution is -0.141. The average molecular weight is 267 g/mol. The van der Waals surface area contributed by atoms with Gasteiger partial charge in [-0.2, -0.15) is 0 Å². The Labute approximate surface area is 110 Å². The molecule has 0 radical (unpaired) electrons. The summed E-state index contributed by atoms with van der Waals surface area (Å²) >= 11 is 1.70. The van der Waals surface area contributed by atoms with E-state index in [9.17, 15) is 9.59 Å². The number of aryl methyl sites for hydroxylation is 1. The number of hydrogen-bond acceptors (Lipinski definition) is 4. The number of carbonyl (C=O) groups is 2. The van der Waals surface area contributed by atoms with E-state index in [-0.39, 0.29) is 30.3 Å². The molecular weight excluding hydrogens is 250 g/mol. The van der Waals surface area contributed by atoms with Gasteiger partial charge in [-0.15, -0.1) is 11.3 Å². The normalized spacial score (nSPS) is 22.9. The summed E-state index contributed by atoms with van der Waals surface area (Å²) in [5.74, 6) is -1.01. The molecule has 1 saturated heterocycles. The Kier molecular flexibility index (Phi) is 4.01. The molecule has 5 heteroatoms. The van der Waals surface area contributed by atoms with E-state index in [1.54, 1.807) is 18.3 Å². The summed E-state index contributed by atoms with van der Waals surface area (Å²) in [6.45, 7) is 4.63. The monoisotopic (exact) mass is 267 g/mol. The molecule has 2 heterocycles. The van der Waals surface area contributed by atoms with Crippen LogP contribution < -0.4 is 5.32 Å². The van der Waals surface area contributed by atoms with Crippen molar-refractivity contribution in [1.29, 1.82) is 0 Å². The van der Waals surface area contributed by atoms with Gasteiger partial charge in [-0.3, -0.25) is 9.59 Å². The summed E-state index contributed by atoms with van der Waals surface area (Å²) < 4.78 is 4.87. The molecule has 0 saturated carbocycles. The zero-order valence-corrected chi connectivity index (χ0v) is 11.4. The highest BCUT2D eigenvalue weighted by molar-refractivity contribution is 7.10. The van der Waals surface area contributed by atoms with Gasteiger partial charge in [-0.05, 0) is 30.4 Å². The van der Waals surface area contributed by atoms with Crippen LogP contribution in [0.25, 0.3) is 0 Å². The van der Waals surface area contributed by atoms with Gasteiger partial charge in [-0.25, -0.2) is 0 Å². The number of amides is 1. The topological polar surface area (TPSA) is 55.4 Å². The zero-order chi connectivity index (χ0) is 13.1. The zero-order valence-electron chi connectivity index (χ0n) is 10.6. The fourth-order valence-corrected chi connectivity index (χ4v) is 2.92. The van der Waals surface area contributed by atoms with Crippen LogP contribution in [0.3, 0.4) is 0 Å². The molecule has 98 valence electrons. The Morgan fingerprint density at radius 3 is 2.94 bits per heavy atom. The molecule has 2 rings (SSSR count). The Bertz CT molecular complexity index is 455. The van der Waals surface area contributed by atoms with Gasteiger partial charge in [0.15, 0.2) is 0 Å². The van der Waals surface area contributed by atoms with Crippen molar-refractivity contribution in [3.63, 3.8) is 0 Å². The number of carbonyl (C=O) groups excluding carboxylic acids is 2. The largest absolute Gasteiger partial charge is 0.465 e. The van der Waals surface area contributed by atoms with Gasteiger partial charge in [-0.1, -0.05) is 6.92 Å². The first-order chi connectivity index (χ1) is 8.59. The Morgan fingerprint density at radius 1 is 1.61 bits per heavy atom. The fourth-order valence-electron chi connectivity index (χ4n) is 2.01. The molecule has 2 unspecified atom stereocenters. The molecule has 18 heavy (non-hydrogen) atoms. The molecule has 1 aliphatic heterocycles. The molecule has 0 aliphatic carbocycles. The molecule has 0 bridgehead atoms. The van der Waals surface area contributed by atoms with Crippen LogP contribution in [0.1, 0.15) is 17.4 Å². The molecule has 0 spiro atoms. The molecule has 4 nitrogen and oxygen atoms in total. The van der Waals surface area contributed by atoms with Crippen molar-refractivity contribution in [2.75, 3.05) is 13.2 Å². The van der Waals surface area contributed by atoms with Gasteiger partial charge in [0.2, 0.25) is 5.91 Å². The van der Waals surface area contributed by atoms with E-state index in [1.165, 1.54) is 10.4 Å². The second-order valence-corrected chi connectivity index (χ2v) is 5.59. The van der Waals surface area contributed by atoms with Gasteiger partial charge in [0.25, 0.3) is 0 Å². The highest BCUT2D eigenvalue weighted by Crippen LogP contribution is 2.21. The second kappa shape index (κ2) is 5.52. The number of hydrogen-bond donors (Lipinski definition) is 1. The standard InChI is InChI=1S/C13H17NO3S/c1-8-4-6-18-11(8)3-5-14-12(15)10-7-17-13(16)9(10)2/h4,6,9-10H,3,5,7H2,1-2H3,(H,14,15). The third-order valence-electron chi connectivity index (χ3n) is 3.34.